The Morgan fingerprint density at radius 1 is 1.12 bits per heavy atom. The smallest absolute Gasteiger partial charge is 0.155 e. The first-order valence-electron chi connectivity index (χ1n) is 4.81. The van der Waals surface area contributed by atoms with E-state index in [4.69, 9.17) is 21.9 Å². The number of rotatable bonds is 2. The normalized spacial score (nSPS) is 10.2. The summed E-state index contributed by atoms with van der Waals surface area (Å²) in [5, 5.41) is 0. The van der Waals surface area contributed by atoms with Crippen LogP contribution in [-0.4, -0.2) is 4.98 Å². The van der Waals surface area contributed by atoms with E-state index in [0.717, 1.165) is 0 Å². The molecule has 6 N–H and O–H groups in total. The molecule has 2 aromatic rings. The number of hydrogen-bond acceptors (Lipinski definition) is 5. The van der Waals surface area contributed by atoms with E-state index < -0.39 is 5.82 Å². The standard InChI is InChI=1S/C11H11FN4O/c12-7-5-6(1-2-8(7)13)17-9-3-4-16-11(15)10(9)14/h1-5H,13-14H2,(H2,15,16). The van der Waals surface area contributed by atoms with Crippen LogP contribution in [0.5, 0.6) is 11.5 Å². The first-order valence-corrected chi connectivity index (χ1v) is 4.81. The van der Waals surface area contributed by atoms with Crippen LogP contribution in [-0.2, 0) is 0 Å². The predicted molar refractivity (Wildman–Crippen MR) is 63.9 cm³/mol. The number of benzene rings is 1. The van der Waals surface area contributed by atoms with E-state index in [1.807, 2.05) is 0 Å². The van der Waals surface area contributed by atoms with Crippen molar-refractivity contribution in [2.75, 3.05) is 17.2 Å². The summed E-state index contributed by atoms with van der Waals surface area (Å²) in [5.41, 5.74) is 16.8. The van der Waals surface area contributed by atoms with Gasteiger partial charge in [-0.25, -0.2) is 9.37 Å². The summed E-state index contributed by atoms with van der Waals surface area (Å²) in [7, 11) is 0. The summed E-state index contributed by atoms with van der Waals surface area (Å²) >= 11 is 0. The molecule has 0 amide bonds. The molecule has 1 heterocycles. The van der Waals surface area contributed by atoms with Crippen LogP contribution in [0.25, 0.3) is 0 Å². The van der Waals surface area contributed by atoms with Gasteiger partial charge in [-0.3, -0.25) is 0 Å². The monoisotopic (exact) mass is 234 g/mol. The average Bonchev–Trinajstić information content (AvgIpc) is 2.30. The molecule has 0 bridgehead atoms. The van der Waals surface area contributed by atoms with Crippen LogP contribution in [0.3, 0.4) is 0 Å². The molecule has 0 atom stereocenters. The van der Waals surface area contributed by atoms with Gasteiger partial charge in [0.2, 0.25) is 0 Å². The Kier molecular flexibility index (Phi) is 2.70. The molecule has 17 heavy (non-hydrogen) atoms. The molecule has 0 radical (unpaired) electrons. The van der Waals surface area contributed by atoms with Crippen molar-refractivity contribution in [1.82, 2.24) is 4.98 Å². The van der Waals surface area contributed by atoms with Crippen molar-refractivity contribution in [3.63, 3.8) is 0 Å². The highest BCUT2D eigenvalue weighted by Gasteiger charge is 2.07. The third-order valence-electron chi connectivity index (χ3n) is 2.18. The Bertz CT molecular complexity index is 559. The zero-order valence-electron chi connectivity index (χ0n) is 8.85. The van der Waals surface area contributed by atoms with Crippen molar-refractivity contribution in [3.8, 4) is 11.5 Å². The zero-order valence-corrected chi connectivity index (χ0v) is 8.85. The molecule has 5 nitrogen and oxygen atoms in total. The van der Waals surface area contributed by atoms with Crippen LogP contribution in [0.4, 0.5) is 21.6 Å². The molecule has 88 valence electrons. The minimum Gasteiger partial charge on any atom is -0.455 e. The summed E-state index contributed by atoms with van der Waals surface area (Å²) in [6, 6.07) is 5.66. The van der Waals surface area contributed by atoms with E-state index in [1.54, 1.807) is 6.07 Å². The molecule has 0 aliphatic heterocycles. The van der Waals surface area contributed by atoms with Gasteiger partial charge in [-0.1, -0.05) is 0 Å². The fourth-order valence-corrected chi connectivity index (χ4v) is 1.26. The Morgan fingerprint density at radius 2 is 1.88 bits per heavy atom. The van der Waals surface area contributed by atoms with Crippen LogP contribution in [0.1, 0.15) is 0 Å². The lowest BCUT2D eigenvalue weighted by Gasteiger charge is -2.09. The first kappa shape index (κ1) is 11.0. The summed E-state index contributed by atoms with van der Waals surface area (Å²) in [6.45, 7) is 0. The molecule has 2 rings (SSSR count). The van der Waals surface area contributed by atoms with Gasteiger partial charge < -0.3 is 21.9 Å². The maximum Gasteiger partial charge on any atom is 0.155 e. The number of nitrogens with two attached hydrogens (primary N) is 3. The number of hydrogen-bond donors (Lipinski definition) is 3. The maximum absolute atomic E-state index is 13.2. The van der Waals surface area contributed by atoms with Crippen LogP contribution in [0, 0.1) is 5.82 Å². The van der Waals surface area contributed by atoms with Crippen LogP contribution < -0.4 is 21.9 Å². The fourth-order valence-electron chi connectivity index (χ4n) is 1.26. The second-order valence-corrected chi connectivity index (χ2v) is 3.39. The van der Waals surface area contributed by atoms with E-state index in [0.29, 0.717) is 5.75 Å². The van der Waals surface area contributed by atoms with Gasteiger partial charge in [-0.05, 0) is 12.1 Å². The summed E-state index contributed by atoms with van der Waals surface area (Å²) in [4.78, 5) is 3.79. The van der Waals surface area contributed by atoms with E-state index >= 15 is 0 Å². The third-order valence-corrected chi connectivity index (χ3v) is 2.18. The van der Waals surface area contributed by atoms with Crippen molar-refractivity contribution in [1.29, 1.82) is 0 Å². The van der Waals surface area contributed by atoms with E-state index in [-0.39, 0.29) is 22.9 Å². The lowest BCUT2D eigenvalue weighted by Crippen LogP contribution is -2.00. The molecule has 1 aromatic heterocycles. The highest BCUT2D eigenvalue weighted by molar-refractivity contribution is 5.67. The molecule has 0 fully saturated rings. The van der Waals surface area contributed by atoms with Crippen molar-refractivity contribution in [2.45, 2.75) is 0 Å². The average molecular weight is 234 g/mol. The Morgan fingerprint density at radius 3 is 2.59 bits per heavy atom. The molecule has 6 heteroatoms. The van der Waals surface area contributed by atoms with Crippen molar-refractivity contribution in [2.24, 2.45) is 0 Å². The van der Waals surface area contributed by atoms with E-state index in [2.05, 4.69) is 4.98 Å². The summed E-state index contributed by atoms with van der Waals surface area (Å²) < 4.78 is 18.6. The zero-order chi connectivity index (χ0) is 12.4. The number of nitrogens with zero attached hydrogens (tertiary/aromatic N) is 1. The van der Waals surface area contributed by atoms with Crippen LogP contribution >= 0.6 is 0 Å². The second-order valence-electron chi connectivity index (χ2n) is 3.39. The molecule has 0 spiro atoms. The van der Waals surface area contributed by atoms with Crippen molar-refractivity contribution < 1.29 is 9.13 Å². The molecule has 1 aromatic carbocycles. The van der Waals surface area contributed by atoms with Gasteiger partial charge in [0.1, 0.15) is 23.1 Å². The molecule has 0 aliphatic carbocycles. The molecular weight excluding hydrogens is 223 g/mol. The number of nitrogen functional groups attached to an aromatic ring is 3. The Balaban J connectivity index is 2.31. The molecule has 0 aliphatic rings. The maximum atomic E-state index is 13.2. The van der Waals surface area contributed by atoms with Gasteiger partial charge in [0.05, 0.1) is 5.69 Å². The molecular formula is C11H11FN4O. The quantitative estimate of drug-likeness (QED) is 0.687. The van der Waals surface area contributed by atoms with Gasteiger partial charge >= 0.3 is 0 Å². The van der Waals surface area contributed by atoms with Crippen molar-refractivity contribution >= 4 is 17.2 Å². The van der Waals surface area contributed by atoms with Gasteiger partial charge in [0.25, 0.3) is 0 Å². The van der Waals surface area contributed by atoms with Gasteiger partial charge in [-0.2, -0.15) is 0 Å². The van der Waals surface area contributed by atoms with E-state index in [9.17, 15) is 4.39 Å². The number of aromatic nitrogens is 1. The highest BCUT2D eigenvalue weighted by Crippen LogP contribution is 2.30. The summed E-state index contributed by atoms with van der Waals surface area (Å²) in [6.07, 6.45) is 1.45. The third kappa shape index (κ3) is 2.20. The fraction of sp³-hybridized carbons (Fsp3) is 0. The lowest BCUT2D eigenvalue weighted by molar-refractivity contribution is 0.479. The molecule has 0 unspecified atom stereocenters. The highest BCUT2D eigenvalue weighted by atomic mass is 19.1. The number of anilines is 3. The summed E-state index contributed by atoms with van der Waals surface area (Å²) in [5.74, 6) is 0.220. The SMILES string of the molecule is Nc1ccc(Oc2ccnc(N)c2N)cc1F. The predicted octanol–water partition coefficient (Wildman–Crippen LogP) is 1.76. The minimum atomic E-state index is -0.553. The Labute approximate surface area is 97.0 Å². The van der Waals surface area contributed by atoms with Crippen molar-refractivity contribution in [3.05, 3.63) is 36.3 Å². The number of halogens is 1. The number of ether oxygens (including phenoxy) is 1. The topological polar surface area (TPSA) is 100 Å². The van der Waals surface area contributed by atoms with Gasteiger partial charge in [0, 0.05) is 18.3 Å². The van der Waals surface area contributed by atoms with E-state index in [1.165, 1.54) is 24.4 Å². The van der Waals surface area contributed by atoms with Gasteiger partial charge in [-0.15, -0.1) is 0 Å². The molecule has 0 saturated carbocycles. The van der Waals surface area contributed by atoms with Crippen LogP contribution in [0.2, 0.25) is 0 Å². The number of pyridine rings is 1. The first-order chi connectivity index (χ1) is 8.08. The minimum absolute atomic E-state index is 0.0552. The molecule has 0 saturated heterocycles. The van der Waals surface area contributed by atoms with Crippen LogP contribution in [0.15, 0.2) is 30.5 Å². The largest absolute Gasteiger partial charge is 0.455 e. The Hall–Kier alpha value is -2.50. The second kappa shape index (κ2) is 4.17. The van der Waals surface area contributed by atoms with Gasteiger partial charge in [0.15, 0.2) is 5.75 Å². The lowest BCUT2D eigenvalue weighted by atomic mass is 10.3.